The fourth-order valence-electron chi connectivity index (χ4n) is 0.959. The maximum Gasteiger partial charge on any atom is 0.347 e. The molecule has 0 saturated carbocycles. The van der Waals surface area contributed by atoms with Gasteiger partial charge < -0.3 is 29.5 Å². The van der Waals surface area contributed by atoms with E-state index >= 15 is 0 Å². The Morgan fingerprint density at radius 2 is 1.39 bits per heavy atom. The van der Waals surface area contributed by atoms with Crippen LogP contribution >= 0.6 is 0 Å². The van der Waals surface area contributed by atoms with Crippen molar-refractivity contribution in [2.24, 2.45) is 0 Å². The van der Waals surface area contributed by atoms with Crippen LogP contribution in [0.1, 0.15) is 27.7 Å². The smallest absolute Gasteiger partial charge is 0.347 e. The van der Waals surface area contributed by atoms with Crippen LogP contribution in [0.15, 0.2) is 0 Å². The number of hydrogen-bond donors (Lipinski definition) is 3. The summed E-state index contributed by atoms with van der Waals surface area (Å²) in [6.07, 6.45) is -3.98. The predicted octanol–water partition coefficient (Wildman–Crippen LogP) is -1.14. The molecule has 0 bridgehead atoms. The highest BCUT2D eigenvalue weighted by atomic mass is 16.6. The van der Waals surface area contributed by atoms with E-state index < -0.39 is 48.3 Å². The lowest BCUT2D eigenvalue weighted by Gasteiger charge is -2.22. The summed E-state index contributed by atoms with van der Waals surface area (Å²) < 4.78 is 13.5. The lowest BCUT2D eigenvalue weighted by molar-refractivity contribution is -0.191. The van der Waals surface area contributed by atoms with Gasteiger partial charge in [-0.15, -0.1) is 0 Å². The molecule has 0 aliphatic carbocycles. The van der Waals surface area contributed by atoms with Gasteiger partial charge in [0.1, 0.15) is 6.10 Å². The average Bonchev–Trinajstić information content (AvgIpc) is 2.47. The van der Waals surface area contributed by atoms with Gasteiger partial charge in [0, 0.05) is 7.11 Å². The molecular formula is C13H22O10. The summed E-state index contributed by atoms with van der Waals surface area (Å²) in [5, 5.41) is 23.8. The molecule has 1 heterocycles. The Balaban J connectivity index is 0. The molecule has 3 N–H and O–H groups in total. The van der Waals surface area contributed by atoms with Crippen LogP contribution in [0.4, 0.5) is 0 Å². The van der Waals surface area contributed by atoms with Crippen LogP contribution in [0.2, 0.25) is 0 Å². The van der Waals surface area contributed by atoms with Crippen molar-refractivity contribution in [3.05, 3.63) is 0 Å². The second-order valence-corrected chi connectivity index (χ2v) is 4.25. The van der Waals surface area contributed by atoms with E-state index in [0.29, 0.717) is 0 Å². The molecule has 1 aliphatic rings. The first-order valence-corrected chi connectivity index (χ1v) is 6.53. The van der Waals surface area contributed by atoms with Gasteiger partial charge >= 0.3 is 23.9 Å². The van der Waals surface area contributed by atoms with Crippen LogP contribution in [0.25, 0.3) is 0 Å². The minimum absolute atomic E-state index is 0.480. The zero-order valence-corrected chi connectivity index (χ0v) is 13.5. The first kappa shape index (κ1) is 23.1. The highest BCUT2D eigenvalue weighted by molar-refractivity contribution is 5.86. The molecule has 23 heavy (non-hydrogen) atoms. The Hall–Kier alpha value is -2.20. The summed E-state index contributed by atoms with van der Waals surface area (Å²) in [5.74, 6) is -3.13. The van der Waals surface area contributed by atoms with Gasteiger partial charge in [0.15, 0.2) is 18.3 Å². The number of carbonyl (C=O) groups excluding carboxylic acids is 3. The Bertz CT molecular complexity index is 397. The number of carboxylic acids is 1. The number of ether oxygens (including phenoxy) is 3. The van der Waals surface area contributed by atoms with Crippen molar-refractivity contribution in [2.75, 3.05) is 7.11 Å². The highest BCUT2D eigenvalue weighted by Crippen LogP contribution is 2.08. The van der Waals surface area contributed by atoms with E-state index in [9.17, 15) is 19.2 Å². The first-order valence-electron chi connectivity index (χ1n) is 6.53. The first-order chi connectivity index (χ1) is 10.6. The molecule has 0 radical (unpaired) electrons. The van der Waals surface area contributed by atoms with Crippen molar-refractivity contribution in [3.8, 4) is 0 Å². The molecule has 1 fully saturated rings. The monoisotopic (exact) mass is 338 g/mol. The Morgan fingerprint density at radius 3 is 1.65 bits per heavy atom. The van der Waals surface area contributed by atoms with E-state index in [2.05, 4.69) is 14.2 Å². The minimum atomic E-state index is -1.28. The Kier molecular flexibility index (Phi) is 11.4. The van der Waals surface area contributed by atoms with E-state index in [4.69, 9.17) is 15.3 Å². The molecule has 4 atom stereocenters. The second-order valence-electron chi connectivity index (χ2n) is 4.25. The van der Waals surface area contributed by atoms with Crippen LogP contribution in [-0.2, 0) is 33.4 Å². The normalized spacial score (nSPS) is 21.9. The number of hydrogen-bond acceptors (Lipinski definition) is 9. The molecule has 0 spiro atoms. The van der Waals surface area contributed by atoms with Gasteiger partial charge in [-0.3, -0.25) is 0 Å². The molecule has 0 aromatic carbocycles. The van der Waals surface area contributed by atoms with Gasteiger partial charge in [-0.25, -0.2) is 19.2 Å². The molecule has 10 nitrogen and oxygen atoms in total. The third-order valence-corrected chi connectivity index (χ3v) is 2.23. The largest absolute Gasteiger partial charge is 0.479 e. The van der Waals surface area contributed by atoms with Gasteiger partial charge in [0.05, 0.1) is 0 Å². The van der Waals surface area contributed by atoms with Gasteiger partial charge in [-0.1, -0.05) is 0 Å². The maximum absolute atomic E-state index is 10.7. The lowest BCUT2D eigenvalue weighted by atomic mass is 10.3. The quantitative estimate of drug-likeness (QED) is 0.424. The third kappa shape index (κ3) is 9.42. The number of carboxylic acid groups (broad SMARTS) is 1. The van der Waals surface area contributed by atoms with E-state index in [0.717, 1.165) is 7.11 Å². The van der Waals surface area contributed by atoms with Crippen LogP contribution in [0, 0.1) is 0 Å². The highest BCUT2D eigenvalue weighted by Gasteiger charge is 2.32. The number of carbonyl (C=O) groups is 4. The fourth-order valence-corrected chi connectivity index (χ4v) is 0.959. The van der Waals surface area contributed by atoms with Crippen LogP contribution in [-0.4, -0.2) is 70.7 Å². The molecule has 134 valence electrons. The minimum Gasteiger partial charge on any atom is -0.479 e. The van der Waals surface area contributed by atoms with Crippen molar-refractivity contribution >= 4 is 23.9 Å². The number of rotatable bonds is 3. The number of esters is 3. The van der Waals surface area contributed by atoms with Crippen LogP contribution in [0.5, 0.6) is 0 Å². The third-order valence-electron chi connectivity index (χ3n) is 2.23. The molecule has 0 aromatic heterocycles. The molecule has 10 heteroatoms. The summed E-state index contributed by atoms with van der Waals surface area (Å²) in [4.78, 5) is 41.9. The topological polar surface area (TPSA) is 157 Å². The molecule has 1 aliphatic heterocycles. The van der Waals surface area contributed by atoms with Crippen molar-refractivity contribution in [1.82, 2.24) is 0 Å². The van der Waals surface area contributed by atoms with Gasteiger partial charge in [0.2, 0.25) is 0 Å². The van der Waals surface area contributed by atoms with Gasteiger partial charge in [0.25, 0.3) is 0 Å². The zero-order valence-electron chi connectivity index (χ0n) is 13.5. The Morgan fingerprint density at radius 1 is 1.04 bits per heavy atom. The second kappa shape index (κ2) is 11.4. The van der Waals surface area contributed by atoms with Crippen LogP contribution in [0.3, 0.4) is 0 Å². The van der Waals surface area contributed by atoms with Crippen molar-refractivity contribution < 1.29 is 48.7 Å². The molecule has 0 amide bonds. The molecule has 4 unspecified atom stereocenters. The summed E-state index contributed by atoms with van der Waals surface area (Å²) in [5.41, 5.74) is 0. The van der Waals surface area contributed by atoms with Gasteiger partial charge in [-0.2, -0.15) is 0 Å². The predicted molar refractivity (Wildman–Crippen MR) is 74.1 cm³/mol. The van der Waals surface area contributed by atoms with Crippen molar-refractivity contribution in [2.45, 2.75) is 52.1 Å². The summed E-state index contributed by atoms with van der Waals surface area (Å²) in [6, 6.07) is 0. The SMILES string of the molecule is CC(O)C(=O)OC(C)C(=O)O.CC1OC(=O)C(C)OC1=O.CO. The number of aliphatic carboxylic acids is 1. The Labute approximate surface area is 132 Å². The van der Waals surface area contributed by atoms with E-state index in [1.165, 1.54) is 27.7 Å². The van der Waals surface area contributed by atoms with Crippen molar-refractivity contribution in [1.29, 1.82) is 0 Å². The number of aliphatic hydroxyl groups is 2. The maximum atomic E-state index is 10.7. The van der Waals surface area contributed by atoms with E-state index in [-0.39, 0.29) is 0 Å². The zero-order chi connectivity index (χ0) is 18.7. The lowest BCUT2D eigenvalue weighted by Crippen LogP contribution is -2.40. The summed E-state index contributed by atoms with van der Waals surface area (Å²) >= 11 is 0. The molecular weight excluding hydrogens is 316 g/mol. The number of cyclic esters (lactones) is 2. The van der Waals surface area contributed by atoms with Crippen molar-refractivity contribution in [3.63, 3.8) is 0 Å². The molecule has 1 saturated heterocycles. The number of aliphatic hydroxyl groups excluding tert-OH is 2. The van der Waals surface area contributed by atoms with E-state index in [1.54, 1.807) is 0 Å². The van der Waals surface area contributed by atoms with E-state index in [1.807, 2.05) is 0 Å². The standard InChI is InChI=1S/C6H10O5.C6H8O4.CH4O/c1-3(7)6(10)11-4(2)5(8)9;1-3-5(7)10-4(2)6(8)9-3;1-2/h3-4,7H,1-2H3,(H,8,9);3-4H,1-2H3;2H,1H3. The van der Waals surface area contributed by atoms with Gasteiger partial charge in [-0.05, 0) is 27.7 Å². The molecule has 0 aromatic rings. The van der Waals surface area contributed by atoms with Crippen LogP contribution < -0.4 is 0 Å². The fraction of sp³-hybridized carbons (Fsp3) is 0.692. The average molecular weight is 338 g/mol. The summed E-state index contributed by atoms with van der Waals surface area (Å²) in [7, 11) is 1.00. The summed E-state index contributed by atoms with van der Waals surface area (Å²) in [6.45, 7) is 5.37. The molecule has 1 rings (SSSR count).